The number of benzene rings is 2. The van der Waals surface area contributed by atoms with Crippen molar-refractivity contribution in [2.75, 3.05) is 5.32 Å². The lowest BCUT2D eigenvalue weighted by Crippen LogP contribution is -2.13. The summed E-state index contributed by atoms with van der Waals surface area (Å²) < 4.78 is 1.57. The molecule has 4 rings (SSSR count). The van der Waals surface area contributed by atoms with Gasteiger partial charge in [0.25, 0.3) is 11.6 Å². The molecule has 27 heavy (non-hydrogen) atoms. The van der Waals surface area contributed by atoms with Crippen LogP contribution < -0.4 is 5.32 Å². The van der Waals surface area contributed by atoms with E-state index in [1.807, 2.05) is 6.07 Å². The molecule has 1 N–H and O–H groups in total. The first-order chi connectivity index (χ1) is 13.1. The Balaban J connectivity index is 1.56. The number of nitrogens with one attached hydrogen (secondary N) is 1. The molecule has 132 valence electrons. The summed E-state index contributed by atoms with van der Waals surface area (Å²) in [5, 5.41) is 25.8. The van der Waals surface area contributed by atoms with E-state index in [0.717, 1.165) is 11.3 Å². The average Bonchev–Trinajstić information content (AvgIpc) is 3.16. The van der Waals surface area contributed by atoms with Gasteiger partial charge >= 0.3 is 0 Å². The molecule has 0 bridgehead atoms. The van der Waals surface area contributed by atoms with Crippen molar-refractivity contribution in [3.63, 3.8) is 0 Å². The van der Waals surface area contributed by atoms with Gasteiger partial charge < -0.3 is 5.32 Å². The predicted molar refractivity (Wildman–Crippen MR) is 97.3 cm³/mol. The summed E-state index contributed by atoms with van der Waals surface area (Å²) in [6.45, 7) is 0. The van der Waals surface area contributed by atoms with Crippen molar-refractivity contribution >= 4 is 22.9 Å². The van der Waals surface area contributed by atoms with E-state index in [4.69, 9.17) is 0 Å². The lowest BCUT2D eigenvalue weighted by Gasteiger charge is -2.07. The number of anilines is 1. The van der Waals surface area contributed by atoms with Gasteiger partial charge in [0, 0.05) is 17.3 Å². The third kappa shape index (κ3) is 3.21. The molecule has 0 saturated carbocycles. The van der Waals surface area contributed by atoms with E-state index in [2.05, 4.69) is 20.6 Å². The van der Waals surface area contributed by atoms with Crippen LogP contribution in [0.1, 0.15) is 10.4 Å². The van der Waals surface area contributed by atoms with Crippen LogP contribution in [0, 0.1) is 10.1 Å². The minimum atomic E-state index is -0.579. The Morgan fingerprint density at radius 3 is 2.59 bits per heavy atom. The molecule has 9 nitrogen and oxygen atoms in total. The zero-order chi connectivity index (χ0) is 18.8. The van der Waals surface area contributed by atoms with Crippen LogP contribution in [-0.2, 0) is 0 Å². The SMILES string of the molecule is O=C(Nc1ccc(-c2ccc3nncn3n2)cc1)c1ccccc1[N+](=O)[O-]. The second kappa shape index (κ2) is 6.64. The summed E-state index contributed by atoms with van der Waals surface area (Å²) in [6.07, 6.45) is 1.51. The number of aromatic nitrogens is 4. The number of amides is 1. The fourth-order valence-corrected chi connectivity index (χ4v) is 2.63. The maximum atomic E-state index is 12.4. The number of para-hydroxylation sites is 1. The third-order valence-electron chi connectivity index (χ3n) is 3.95. The average molecular weight is 360 g/mol. The number of hydrogen-bond donors (Lipinski definition) is 1. The normalized spacial score (nSPS) is 10.7. The lowest BCUT2D eigenvalue weighted by atomic mass is 10.1. The smallest absolute Gasteiger partial charge is 0.282 e. The molecular weight excluding hydrogens is 348 g/mol. The summed E-state index contributed by atoms with van der Waals surface area (Å²) in [5.41, 5.74) is 2.50. The molecule has 0 saturated heterocycles. The molecule has 0 fully saturated rings. The quantitative estimate of drug-likeness (QED) is 0.442. The number of hydrogen-bond acceptors (Lipinski definition) is 6. The van der Waals surface area contributed by atoms with E-state index >= 15 is 0 Å². The monoisotopic (exact) mass is 360 g/mol. The topological polar surface area (TPSA) is 115 Å². The van der Waals surface area contributed by atoms with Gasteiger partial charge in [-0.2, -0.15) is 9.61 Å². The number of nitrogens with zero attached hydrogens (tertiary/aromatic N) is 5. The van der Waals surface area contributed by atoms with Gasteiger partial charge in [-0.25, -0.2) is 0 Å². The lowest BCUT2D eigenvalue weighted by molar-refractivity contribution is -0.385. The number of carbonyl (C=O) groups excluding carboxylic acids is 1. The number of nitro benzene ring substituents is 1. The first-order valence-corrected chi connectivity index (χ1v) is 7.94. The molecule has 9 heteroatoms. The predicted octanol–water partition coefficient (Wildman–Crippen LogP) is 2.95. The highest BCUT2D eigenvalue weighted by atomic mass is 16.6. The molecule has 1 amide bonds. The zero-order valence-electron chi connectivity index (χ0n) is 13.8. The van der Waals surface area contributed by atoms with Crippen molar-refractivity contribution in [3.8, 4) is 11.3 Å². The second-order valence-corrected chi connectivity index (χ2v) is 5.66. The van der Waals surface area contributed by atoms with Gasteiger partial charge in [0.15, 0.2) is 5.65 Å². The van der Waals surface area contributed by atoms with Gasteiger partial charge in [0.1, 0.15) is 11.9 Å². The van der Waals surface area contributed by atoms with E-state index in [1.54, 1.807) is 40.9 Å². The fourth-order valence-electron chi connectivity index (χ4n) is 2.63. The maximum absolute atomic E-state index is 12.4. The van der Waals surface area contributed by atoms with Crippen LogP contribution in [-0.4, -0.2) is 30.6 Å². The summed E-state index contributed by atoms with van der Waals surface area (Å²) in [6, 6.07) is 16.5. The summed E-state index contributed by atoms with van der Waals surface area (Å²) in [5.74, 6) is -0.543. The Kier molecular flexibility index (Phi) is 4.01. The highest BCUT2D eigenvalue weighted by molar-refractivity contribution is 6.07. The largest absolute Gasteiger partial charge is 0.322 e. The van der Waals surface area contributed by atoms with E-state index in [0.29, 0.717) is 11.3 Å². The Morgan fingerprint density at radius 1 is 1.04 bits per heavy atom. The highest BCUT2D eigenvalue weighted by Gasteiger charge is 2.19. The van der Waals surface area contributed by atoms with Gasteiger partial charge in [-0.15, -0.1) is 10.2 Å². The summed E-state index contributed by atoms with van der Waals surface area (Å²) in [7, 11) is 0. The zero-order valence-corrected chi connectivity index (χ0v) is 13.8. The number of fused-ring (bicyclic) bond motifs is 1. The van der Waals surface area contributed by atoms with Crippen LogP contribution in [0.15, 0.2) is 67.0 Å². The van der Waals surface area contributed by atoms with E-state index in [9.17, 15) is 14.9 Å². The molecule has 0 unspecified atom stereocenters. The molecule has 0 aliphatic carbocycles. The second-order valence-electron chi connectivity index (χ2n) is 5.66. The van der Waals surface area contributed by atoms with Crippen molar-refractivity contribution in [2.24, 2.45) is 0 Å². The van der Waals surface area contributed by atoms with Gasteiger partial charge in [-0.05, 0) is 30.3 Å². The molecular formula is C18H12N6O3. The van der Waals surface area contributed by atoms with Crippen molar-refractivity contribution in [3.05, 3.63) is 82.7 Å². The van der Waals surface area contributed by atoms with Gasteiger partial charge in [-0.1, -0.05) is 24.3 Å². The summed E-state index contributed by atoms with van der Waals surface area (Å²) >= 11 is 0. The van der Waals surface area contributed by atoms with Gasteiger partial charge in [0.05, 0.1) is 10.6 Å². The summed E-state index contributed by atoms with van der Waals surface area (Å²) in [4.78, 5) is 22.8. The van der Waals surface area contributed by atoms with Crippen LogP contribution in [0.25, 0.3) is 16.9 Å². The van der Waals surface area contributed by atoms with Crippen LogP contribution in [0.4, 0.5) is 11.4 Å². The van der Waals surface area contributed by atoms with E-state index < -0.39 is 10.8 Å². The van der Waals surface area contributed by atoms with Crippen LogP contribution in [0.3, 0.4) is 0 Å². The molecule has 0 aliphatic heterocycles. The Bertz CT molecular complexity index is 1150. The first kappa shape index (κ1) is 16.3. The van der Waals surface area contributed by atoms with E-state index in [1.165, 1.54) is 24.5 Å². The minimum absolute atomic E-state index is 0.00584. The van der Waals surface area contributed by atoms with Crippen LogP contribution >= 0.6 is 0 Å². The Labute approximate surface area is 152 Å². The fraction of sp³-hybridized carbons (Fsp3) is 0. The molecule has 0 spiro atoms. The van der Waals surface area contributed by atoms with Crippen molar-refractivity contribution in [2.45, 2.75) is 0 Å². The molecule has 2 heterocycles. The Hall–Kier alpha value is -4.14. The van der Waals surface area contributed by atoms with Crippen molar-refractivity contribution in [1.82, 2.24) is 19.8 Å². The highest BCUT2D eigenvalue weighted by Crippen LogP contribution is 2.22. The molecule has 2 aromatic carbocycles. The van der Waals surface area contributed by atoms with Crippen LogP contribution in [0.5, 0.6) is 0 Å². The minimum Gasteiger partial charge on any atom is -0.322 e. The van der Waals surface area contributed by atoms with Gasteiger partial charge in [0.2, 0.25) is 0 Å². The van der Waals surface area contributed by atoms with Crippen molar-refractivity contribution < 1.29 is 9.72 Å². The standard InChI is InChI=1S/C18H12N6O3/c25-18(14-3-1-2-4-16(14)24(26)27)20-13-7-5-12(6-8-13)15-9-10-17-21-19-11-23(17)22-15/h1-11H,(H,20,25). The third-order valence-corrected chi connectivity index (χ3v) is 3.95. The number of nitro groups is 1. The van der Waals surface area contributed by atoms with Crippen LogP contribution in [0.2, 0.25) is 0 Å². The maximum Gasteiger partial charge on any atom is 0.282 e. The first-order valence-electron chi connectivity index (χ1n) is 7.94. The van der Waals surface area contributed by atoms with Crippen molar-refractivity contribution in [1.29, 1.82) is 0 Å². The number of rotatable bonds is 4. The molecule has 0 atom stereocenters. The van der Waals surface area contributed by atoms with Gasteiger partial charge in [-0.3, -0.25) is 14.9 Å². The number of carbonyl (C=O) groups is 1. The molecule has 4 aromatic rings. The van der Waals surface area contributed by atoms with E-state index in [-0.39, 0.29) is 11.3 Å². The molecule has 2 aromatic heterocycles. The molecule has 0 radical (unpaired) electrons. The molecule has 0 aliphatic rings. The Morgan fingerprint density at radius 2 is 1.81 bits per heavy atom.